The molecule has 0 unspecified atom stereocenters. The van der Waals surface area contributed by atoms with Gasteiger partial charge in [-0.1, -0.05) is 12.1 Å². The Morgan fingerprint density at radius 1 is 1.33 bits per heavy atom. The molecule has 0 aliphatic rings. The fourth-order valence-electron chi connectivity index (χ4n) is 0.875. The standard InChI is InChI=1S/C8H9F2N.ClH/c1-11-5-6-3-2-4-7(9)8(6)10;/h2-4,11H,5H2,1H3;1H. The summed E-state index contributed by atoms with van der Waals surface area (Å²) in [6.07, 6.45) is 0. The van der Waals surface area contributed by atoms with E-state index >= 15 is 0 Å². The molecule has 0 aliphatic heterocycles. The Labute approximate surface area is 76.2 Å². The number of rotatable bonds is 2. The molecule has 68 valence electrons. The van der Waals surface area contributed by atoms with Crippen LogP contribution < -0.4 is 5.32 Å². The van der Waals surface area contributed by atoms with Crippen LogP contribution in [-0.2, 0) is 6.54 Å². The summed E-state index contributed by atoms with van der Waals surface area (Å²) < 4.78 is 25.3. The topological polar surface area (TPSA) is 12.0 Å². The monoisotopic (exact) mass is 193 g/mol. The normalized spacial score (nSPS) is 9.25. The molecular weight excluding hydrogens is 184 g/mol. The Kier molecular flexibility index (Phi) is 4.78. The zero-order valence-corrected chi connectivity index (χ0v) is 7.42. The number of halogens is 3. The van der Waals surface area contributed by atoms with E-state index in [1.807, 2.05) is 0 Å². The molecule has 0 fully saturated rings. The first kappa shape index (κ1) is 11.3. The fourth-order valence-corrected chi connectivity index (χ4v) is 0.875. The Balaban J connectivity index is 0.00000121. The average Bonchev–Trinajstić information content (AvgIpc) is 1.99. The highest BCUT2D eigenvalue weighted by Gasteiger charge is 2.04. The van der Waals surface area contributed by atoms with Crippen molar-refractivity contribution in [3.63, 3.8) is 0 Å². The van der Waals surface area contributed by atoms with Gasteiger partial charge in [0, 0.05) is 12.1 Å². The van der Waals surface area contributed by atoms with Gasteiger partial charge in [-0.15, -0.1) is 12.4 Å². The molecular formula is C8H10ClF2N. The highest BCUT2D eigenvalue weighted by atomic mass is 35.5. The van der Waals surface area contributed by atoms with Crippen LogP contribution in [0.15, 0.2) is 18.2 Å². The maximum Gasteiger partial charge on any atom is 0.163 e. The predicted molar refractivity (Wildman–Crippen MR) is 46.4 cm³/mol. The number of benzene rings is 1. The highest BCUT2D eigenvalue weighted by molar-refractivity contribution is 5.85. The summed E-state index contributed by atoms with van der Waals surface area (Å²) in [5.41, 5.74) is 0.354. The van der Waals surface area contributed by atoms with Crippen LogP contribution in [-0.4, -0.2) is 7.05 Å². The second-order valence-corrected chi connectivity index (χ2v) is 2.24. The van der Waals surface area contributed by atoms with Gasteiger partial charge in [-0.3, -0.25) is 0 Å². The van der Waals surface area contributed by atoms with Crippen molar-refractivity contribution in [3.8, 4) is 0 Å². The first-order chi connectivity index (χ1) is 5.25. The number of hydrogen-bond donors (Lipinski definition) is 1. The van der Waals surface area contributed by atoms with Crippen molar-refractivity contribution in [3.05, 3.63) is 35.4 Å². The summed E-state index contributed by atoms with van der Waals surface area (Å²) >= 11 is 0. The molecule has 1 N–H and O–H groups in total. The van der Waals surface area contributed by atoms with E-state index in [-0.39, 0.29) is 12.4 Å². The number of hydrogen-bond acceptors (Lipinski definition) is 1. The molecule has 4 heteroatoms. The molecule has 0 saturated heterocycles. The van der Waals surface area contributed by atoms with E-state index in [0.717, 1.165) is 6.07 Å². The minimum Gasteiger partial charge on any atom is -0.316 e. The van der Waals surface area contributed by atoms with Gasteiger partial charge in [0.15, 0.2) is 11.6 Å². The van der Waals surface area contributed by atoms with Gasteiger partial charge in [0.25, 0.3) is 0 Å². The van der Waals surface area contributed by atoms with Crippen LogP contribution in [0.3, 0.4) is 0 Å². The average molecular weight is 194 g/mol. The molecule has 0 aliphatic carbocycles. The van der Waals surface area contributed by atoms with E-state index in [1.165, 1.54) is 6.07 Å². The Bertz CT molecular complexity index is 253. The second-order valence-electron chi connectivity index (χ2n) is 2.24. The van der Waals surface area contributed by atoms with Crippen LogP contribution in [0.2, 0.25) is 0 Å². The van der Waals surface area contributed by atoms with Crippen molar-refractivity contribution in [1.29, 1.82) is 0 Å². The molecule has 1 rings (SSSR count). The molecule has 0 atom stereocenters. The van der Waals surface area contributed by atoms with Crippen molar-refractivity contribution in [2.45, 2.75) is 6.54 Å². The zero-order chi connectivity index (χ0) is 8.27. The second kappa shape index (κ2) is 5.06. The summed E-state index contributed by atoms with van der Waals surface area (Å²) in [4.78, 5) is 0. The van der Waals surface area contributed by atoms with E-state index in [9.17, 15) is 8.78 Å². The molecule has 0 amide bonds. The fraction of sp³-hybridized carbons (Fsp3) is 0.250. The molecule has 1 aromatic rings. The zero-order valence-electron chi connectivity index (χ0n) is 6.60. The summed E-state index contributed by atoms with van der Waals surface area (Å²) in [6, 6.07) is 4.15. The lowest BCUT2D eigenvalue weighted by molar-refractivity contribution is 0.496. The van der Waals surface area contributed by atoms with E-state index in [4.69, 9.17) is 0 Å². The molecule has 0 heterocycles. The first-order valence-corrected chi connectivity index (χ1v) is 3.33. The summed E-state index contributed by atoms with van der Waals surface area (Å²) in [5, 5.41) is 2.75. The molecule has 0 spiro atoms. The maximum absolute atomic E-state index is 12.8. The van der Waals surface area contributed by atoms with Crippen LogP contribution in [0.4, 0.5) is 8.78 Å². The van der Waals surface area contributed by atoms with Gasteiger partial charge in [-0.25, -0.2) is 8.78 Å². The summed E-state index contributed by atoms with van der Waals surface area (Å²) in [6.45, 7) is 0.351. The lowest BCUT2D eigenvalue weighted by Gasteiger charge is -2.01. The first-order valence-electron chi connectivity index (χ1n) is 3.33. The van der Waals surface area contributed by atoms with Crippen molar-refractivity contribution < 1.29 is 8.78 Å². The van der Waals surface area contributed by atoms with Crippen LogP contribution in [0.5, 0.6) is 0 Å². The van der Waals surface area contributed by atoms with Crippen molar-refractivity contribution >= 4 is 12.4 Å². The third-order valence-electron chi connectivity index (χ3n) is 1.40. The minimum atomic E-state index is -0.794. The molecule has 0 radical (unpaired) electrons. The minimum absolute atomic E-state index is 0. The van der Waals surface area contributed by atoms with Gasteiger partial charge in [0.05, 0.1) is 0 Å². The van der Waals surface area contributed by atoms with Gasteiger partial charge < -0.3 is 5.32 Å². The van der Waals surface area contributed by atoms with Crippen LogP contribution in [0.25, 0.3) is 0 Å². The highest BCUT2D eigenvalue weighted by Crippen LogP contribution is 2.10. The van der Waals surface area contributed by atoms with Crippen LogP contribution in [0.1, 0.15) is 5.56 Å². The predicted octanol–water partition coefficient (Wildman–Crippen LogP) is 2.11. The number of nitrogens with one attached hydrogen (secondary N) is 1. The third-order valence-corrected chi connectivity index (χ3v) is 1.40. The lowest BCUT2D eigenvalue weighted by Crippen LogP contribution is -2.07. The SMILES string of the molecule is CNCc1cccc(F)c1F.Cl. The molecule has 0 aromatic heterocycles. The van der Waals surface area contributed by atoms with E-state index in [2.05, 4.69) is 5.32 Å². The summed E-state index contributed by atoms with van der Waals surface area (Å²) in [7, 11) is 1.68. The smallest absolute Gasteiger partial charge is 0.163 e. The van der Waals surface area contributed by atoms with Gasteiger partial charge in [-0.2, -0.15) is 0 Å². The van der Waals surface area contributed by atoms with Crippen molar-refractivity contribution in [2.24, 2.45) is 0 Å². The molecule has 0 saturated carbocycles. The van der Waals surface area contributed by atoms with Gasteiger partial charge in [0.2, 0.25) is 0 Å². The Morgan fingerprint density at radius 3 is 2.58 bits per heavy atom. The van der Waals surface area contributed by atoms with E-state index in [0.29, 0.717) is 12.1 Å². The van der Waals surface area contributed by atoms with Crippen LogP contribution >= 0.6 is 12.4 Å². The van der Waals surface area contributed by atoms with Gasteiger partial charge >= 0.3 is 0 Å². The lowest BCUT2D eigenvalue weighted by atomic mass is 10.2. The van der Waals surface area contributed by atoms with Gasteiger partial charge in [0.1, 0.15) is 0 Å². The van der Waals surface area contributed by atoms with Crippen molar-refractivity contribution in [1.82, 2.24) is 5.32 Å². The molecule has 1 nitrogen and oxygen atoms in total. The Morgan fingerprint density at radius 2 is 2.00 bits per heavy atom. The largest absolute Gasteiger partial charge is 0.316 e. The molecule has 12 heavy (non-hydrogen) atoms. The maximum atomic E-state index is 12.8. The van der Waals surface area contributed by atoms with Crippen LogP contribution in [0, 0.1) is 11.6 Å². The molecule has 1 aromatic carbocycles. The third kappa shape index (κ3) is 2.43. The summed E-state index contributed by atoms with van der Waals surface area (Å²) in [5.74, 6) is -1.56. The quantitative estimate of drug-likeness (QED) is 0.759. The van der Waals surface area contributed by atoms with Gasteiger partial charge in [-0.05, 0) is 13.1 Å². The van der Waals surface area contributed by atoms with E-state index in [1.54, 1.807) is 13.1 Å². The Hall–Kier alpha value is -0.670. The van der Waals surface area contributed by atoms with E-state index < -0.39 is 11.6 Å². The van der Waals surface area contributed by atoms with Crippen molar-refractivity contribution in [2.75, 3.05) is 7.05 Å². The molecule has 0 bridgehead atoms.